The van der Waals surface area contributed by atoms with Crippen LogP contribution in [0, 0.1) is 6.92 Å². The Hall–Kier alpha value is -4.84. The summed E-state index contributed by atoms with van der Waals surface area (Å²) >= 11 is 1.22. The Kier molecular flexibility index (Phi) is 7.19. The molecular weight excluding hydrogens is 564 g/mol. The lowest BCUT2D eigenvalue weighted by Crippen LogP contribution is -2.35. The predicted molar refractivity (Wildman–Crippen MR) is 167 cm³/mol. The number of carbonyl (C=O) groups is 2. The van der Waals surface area contributed by atoms with Crippen LogP contribution in [-0.4, -0.2) is 53.1 Å². The van der Waals surface area contributed by atoms with Gasteiger partial charge in [0.15, 0.2) is 5.82 Å². The first-order chi connectivity index (χ1) is 21.0. The summed E-state index contributed by atoms with van der Waals surface area (Å²) < 4.78 is 11.4. The van der Waals surface area contributed by atoms with Gasteiger partial charge in [0.25, 0.3) is 5.91 Å². The molecule has 2 aromatic heterocycles. The molecule has 7 rings (SSSR count). The number of carbonyl (C=O) groups excluding carboxylic acids is 2. The highest BCUT2D eigenvalue weighted by atomic mass is 32.1. The Labute approximate surface area is 251 Å². The van der Waals surface area contributed by atoms with Gasteiger partial charge in [-0.15, -0.1) is 11.3 Å². The van der Waals surface area contributed by atoms with Crippen molar-refractivity contribution in [1.29, 1.82) is 0 Å². The van der Waals surface area contributed by atoms with Gasteiger partial charge in [0.2, 0.25) is 0 Å². The van der Waals surface area contributed by atoms with Crippen LogP contribution in [0.5, 0.6) is 11.5 Å². The number of hydrogen-bond acceptors (Lipinski definition) is 8. The number of hydrogen-bond donors (Lipinski definition) is 2. The van der Waals surface area contributed by atoms with E-state index in [-0.39, 0.29) is 5.91 Å². The van der Waals surface area contributed by atoms with Crippen LogP contribution in [0.3, 0.4) is 0 Å². The molecule has 0 aliphatic carbocycles. The molecule has 0 unspecified atom stereocenters. The molecule has 11 heteroatoms. The van der Waals surface area contributed by atoms with Gasteiger partial charge in [-0.3, -0.25) is 9.69 Å². The van der Waals surface area contributed by atoms with Crippen molar-refractivity contribution in [1.82, 2.24) is 14.9 Å². The molecule has 2 aliphatic rings. The largest absolute Gasteiger partial charge is 0.457 e. The maximum Gasteiger partial charge on any atom is 0.332 e. The fourth-order valence-electron chi connectivity index (χ4n) is 5.27. The molecule has 0 saturated carbocycles. The fraction of sp³-hybridized carbons (Fsp3) is 0.188. The van der Waals surface area contributed by atoms with E-state index in [0.29, 0.717) is 43.7 Å². The van der Waals surface area contributed by atoms with E-state index in [1.807, 2.05) is 79.7 Å². The average Bonchev–Trinajstić information content (AvgIpc) is 3.40. The molecule has 0 radical (unpaired) electrons. The van der Waals surface area contributed by atoms with Crippen LogP contribution in [-0.2, 0) is 11.3 Å². The Morgan fingerprint density at radius 3 is 2.60 bits per heavy atom. The number of ether oxygens (including phenoxy) is 2. The minimum Gasteiger partial charge on any atom is -0.457 e. The zero-order valence-corrected chi connectivity index (χ0v) is 24.2. The first-order valence-corrected chi connectivity index (χ1v) is 14.8. The van der Waals surface area contributed by atoms with Crippen molar-refractivity contribution in [3.8, 4) is 11.5 Å². The number of urea groups is 1. The third-order valence-electron chi connectivity index (χ3n) is 7.43. The quantitative estimate of drug-likeness (QED) is 0.220. The van der Waals surface area contributed by atoms with E-state index >= 15 is 0 Å². The first-order valence-electron chi connectivity index (χ1n) is 14.0. The van der Waals surface area contributed by atoms with Crippen molar-refractivity contribution in [3.05, 3.63) is 95.1 Å². The molecule has 3 amide bonds. The second kappa shape index (κ2) is 11.4. The van der Waals surface area contributed by atoms with Crippen LogP contribution >= 0.6 is 11.3 Å². The monoisotopic (exact) mass is 592 g/mol. The van der Waals surface area contributed by atoms with Crippen LogP contribution in [0.15, 0.2) is 79.1 Å². The van der Waals surface area contributed by atoms with Crippen molar-refractivity contribution in [2.45, 2.75) is 13.5 Å². The van der Waals surface area contributed by atoms with Gasteiger partial charge >= 0.3 is 6.03 Å². The number of nitrogens with zero attached hydrogens (tertiary/aromatic N) is 4. The molecule has 3 aromatic carbocycles. The third-order valence-corrected chi connectivity index (χ3v) is 8.53. The first kappa shape index (κ1) is 27.0. The lowest BCUT2D eigenvalue weighted by molar-refractivity contribution is 0.0342. The van der Waals surface area contributed by atoms with Crippen LogP contribution in [0.2, 0.25) is 0 Å². The smallest absolute Gasteiger partial charge is 0.332 e. The van der Waals surface area contributed by atoms with Gasteiger partial charge < -0.3 is 20.1 Å². The summed E-state index contributed by atoms with van der Waals surface area (Å²) in [4.78, 5) is 40.6. The molecule has 0 spiro atoms. The molecule has 5 aromatic rings. The Morgan fingerprint density at radius 2 is 1.84 bits per heavy atom. The van der Waals surface area contributed by atoms with E-state index in [4.69, 9.17) is 9.47 Å². The number of aryl methyl sites for hydroxylation is 1. The van der Waals surface area contributed by atoms with E-state index in [2.05, 4.69) is 25.5 Å². The summed E-state index contributed by atoms with van der Waals surface area (Å²) in [6.45, 7) is 6.09. The van der Waals surface area contributed by atoms with E-state index in [9.17, 15) is 9.59 Å². The van der Waals surface area contributed by atoms with Crippen molar-refractivity contribution in [2.75, 3.05) is 41.8 Å². The third kappa shape index (κ3) is 5.41. The minimum atomic E-state index is -0.413. The summed E-state index contributed by atoms with van der Waals surface area (Å²) in [7, 11) is 0. The van der Waals surface area contributed by atoms with Crippen LogP contribution in [0.1, 0.15) is 20.8 Å². The molecule has 43 heavy (non-hydrogen) atoms. The number of aromatic nitrogens is 2. The second-order valence-corrected chi connectivity index (χ2v) is 11.4. The van der Waals surface area contributed by atoms with E-state index < -0.39 is 6.03 Å². The number of morpholine rings is 1. The van der Waals surface area contributed by atoms with E-state index in [1.165, 1.54) is 28.1 Å². The molecule has 10 nitrogen and oxygen atoms in total. The molecular formula is C32H28N6O4S. The van der Waals surface area contributed by atoms with Crippen molar-refractivity contribution < 1.29 is 19.1 Å². The molecule has 1 saturated heterocycles. The standard InChI is InChI=1S/C32H28N6O4S/c1-20-17-23(11-12-25(20)42-24-5-3-2-4-6-24)38-29-26-27(36-32(38)40)28(43-31(26)34-19-33-29)30(39)35-22-9-7-21(8-10-22)18-37-13-15-41-16-14-37/h2-12,17,19H,13-16,18H2,1H3,(H,35,39)(H,36,40). The minimum absolute atomic E-state index is 0.322. The molecule has 1 fully saturated rings. The van der Waals surface area contributed by atoms with Crippen molar-refractivity contribution in [3.63, 3.8) is 0 Å². The zero-order chi connectivity index (χ0) is 29.3. The summed E-state index contributed by atoms with van der Waals surface area (Å²) in [5.41, 5.74) is 3.73. The fourth-order valence-corrected chi connectivity index (χ4v) is 6.25. The normalized spacial score (nSPS) is 14.9. The molecule has 0 bridgehead atoms. The van der Waals surface area contributed by atoms with E-state index in [1.54, 1.807) is 0 Å². The topological polar surface area (TPSA) is 109 Å². The van der Waals surface area contributed by atoms with E-state index in [0.717, 1.165) is 44.2 Å². The summed E-state index contributed by atoms with van der Waals surface area (Å²) in [5.74, 6) is 1.51. The Morgan fingerprint density at radius 1 is 1.05 bits per heavy atom. The lowest BCUT2D eigenvalue weighted by atomic mass is 10.1. The van der Waals surface area contributed by atoms with Gasteiger partial charge in [0, 0.05) is 25.3 Å². The van der Waals surface area contributed by atoms with Gasteiger partial charge in [0.1, 0.15) is 27.5 Å². The number of rotatable bonds is 7. The maximum absolute atomic E-state index is 13.5. The Balaban J connectivity index is 1.13. The number of anilines is 4. The highest BCUT2D eigenvalue weighted by Crippen LogP contribution is 2.45. The average molecular weight is 593 g/mol. The number of amides is 3. The number of benzene rings is 3. The SMILES string of the molecule is Cc1cc(N2C(=O)Nc3c(C(=O)Nc4ccc(CN5CCOCC5)cc4)sc4ncnc2c34)ccc1Oc1ccccc1. The summed E-state index contributed by atoms with van der Waals surface area (Å²) in [5, 5.41) is 6.52. The summed E-state index contributed by atoms with van der Waals surface area (Å²) in [6.07, 6.45) is 1.41. The summed E-state index contributed by atoms with van der Waals surface area (Å²) in [6, 6.07) is 22.4. The predicted octanol–water partition coefficient (Wildman–Crippen LogP) is 6.56. The zero-order valence-electron chi connectivity index (χ0n) is 23.4. The molecule has 2 aliphatic heterocycles. The van der Waals surface area contributed by atoms with Gasteiger partial charge in [-0.1, -0.05) is 30.3 Å². The Bertz CT molecular complexity index is 1820. The number of thiophene rings is 1. The van der Waals surface area contributed by atoms with Crippen LogP contribution in [0.25, 0.3) is 10.2 Å². The maximum atomic E-state index is 13.5. The van der Waals surface area contributed by atoms with Gasteiger partial charge in [0.05, 0.1) is 30.0 Å². The lowest BCUT2D eigenvalue weighted by Gasteiger charge is -2.27. The second-order valence-electron chi connectivity index (χ2n) is 10.4. The highest BCUT2D eigenvalue weighted by molar-refractivity contribution is 7.21. The van der Waals surface area contributed by atoms with Gasteiger partial charge in [-0.2, -0.15) is 0 Å². The molecule has 216 valence electrons. The highest BCUT2D eigenvalue weighted by Gasteiger charge is 2.34. The number of nitrogens with one attached hydrogen (secondary N) is 2. The van der Waals surface area contributed by atoms with Gasteiger partial charge in [-0.05, 0) is 60.5 Å². The molecule has 2 N–H and O–H groups in total. The van der Waals surface area contributed by atoms with Crippen LogP contribution in [0.4, 0.5) is 27.7 Å². The molecule has 4 heterocycles. The van der Waals surface area contributed by atoms with Crippen molar-refractivity contribution >= 4 is 56.4 Å². The van der Waals surface area contributed by atoms with Crippen molar-refractivity contribution in [2.24, 2.45) is 0 Å². The molecule has 0 atom stereocenters. The van der Waals surface area contributed by atoms with Gasteiger partial charge in [-0.25, -0.2) is 19.7 Å². The number of para-hydroxylation sites is 1. The van der Waals surface area contributed by atoms with Crippen LogP contribution < -0.4 is 20.3 Å².